The van der Waals surface area contributed by atoms with Gasteiger partial charge in [-0.05, 0) is 12.8 Å². The van der Waals surface area contributed by atoms with Gasteiger partial charge in [0.25, 0.3) is 5.91 Å². The lowest BCUT2D eigenvalue weighted by Crippen LogP contribution is -2.40. The summed E-state index contributed by atoms with van der Waals surface area (Å²) in [5, 5.41) is 9.84. The first-order valence-electron chi connectivity index (χ1n) is 4.56. The predicted molar refractivity (Wildman–Crippen MR) is 54.2 cm³/mol. The number of nitrogens with zero attached hydrogens (tertiary/aromatic N) is 3. The number of piperidine rings is 1. The molecule has 14 heavy (non-hydrogen) atoms. The van der Waals surface area contributed by atoms with Crippen LogP contribution < -0.4 is 0 Å². The second-order valence-corrected chi connectivity index (χ2v) is 4.64. The van der Waals surface area contributed by atoms with Gasteiger partial charge in [-0.25, -0.2) is 0 Å². The molecule has 5 nitrogen and oxygen atoms in total. The second-order valence-electron chi connectivity index (χ2n) is 3.35. The summed E-state index contributed by atoms with van der Waals surface area (Å²) in [6.07, 6.45) is 3.63. The fourth-order valence-corrected chi connectivity index (χ4v) is 2.25. The Balaban J connectivity index is 2.04. The van der Waals surface area contributed by atoms with Gasteiger partial charge in [-0.1, -0.05) is 15.9 Å². The molecule has 0 aromatic carbocycles. The van der Waals surface area contributed by atoms with Gasteiger partial charge in [0, 0.05) is 17.9 Å². The fourth-order valence-electron chi connectivity index (χ4n) is 1.58. The molecule has 2 heterocycles. The standard InChI is InChI=1S/C8H11BrN4O/c9-6-2-1-3-13(5-6)8(14)7-4-10-12-11-7/h4,6H,1-3,5H2,(H,10,11,12). The van der Waals surface area contributed by atoms with Gasteiger partial charge in [0.1, 0.15) is 0 Å². The van der Waals surface area contributed by atoms with Crippen molar-refractivity contribution < 1.29 is 4.79 Å². The highest BCUT2D eigenvalue weighted by Crippen LogP contribution is 2.17. The van der Waals surface area contributed by atoms with Crippen LogP contribution in [0.3, 0.4) is 0 Å². The first kappa shape index (κ1) is 9.64. The number of H-pyrrole nitrogens is 1. The minimum atomic E-state index is -0.0390. The van der Waals surface area contributed by atoms with E-state index < -0.39 is 0 Å². The van der Waals surface area contributed by atoms with Crippen molar-refractivity contribution in [1.29, 1.82) is 0 Å². The highest BCUT2D eigenvalue weighted by atomic mass is 79.9. The zero-order chi connectivity index (χ0) is 9.97. The lowest BCUT2D eigenvalue weighted by Gasteiger charge is -2.29. The monoisotopic (exact) mass is 258 g/mol. The maximum atomic E-state index is 11.8. The van der Waals surface area contributed by atoms with Gasteiger partial charge in [-0.2, -0.15) is 15.4 Å². The number of hydrogen-bond donors (Lipinski definition) is 1. The SMILES string of the molecule is O=C(c1cn[nH]n1)N1CCCC(Br)C1. The lowest BCUT2D eigenvalue weighted by atomic mass is 10.1. The van der Waals surface area contributed by atoms with E-state index >= 15 is 0 Å². The Hall–Kier alpha value is -0.910. The molecule has 1 saturated heterocycles. The number of aromatic nitrogens is 3. The molecule has 1 atom stereocenters. The van der Waals surface area contributed by atoms with E-state index in [9.17, 15) is 4.79 Å². The van der Waals surface area contributed by atoms with Crippen LogP contribution in [0.25, 0.3) is 0 Å². The Labute approximate surface area is 90.0 Å². The molecule has 0 saturated carbocycles. The number of nitrogens with one attached hydrogen (secondary N) is 1. The molecule has 1 aromatic heterocycles. The fraction of sp³-hybridized carbons (Fsp3) is 0.625. The Morgan fingerprint density at radius 1 is 1.71 bits per heavy atom. The van der Waals surface area contributed by atoms with Crippen LogP contribution in [0.5, 0.6) is 0 Å². The number of carbonyl (C=O) groups is 1. The molecule has 0 bridgehead atoms. The van der Waals surface area contributed by atoms with Gasteiger partial charge in [0.2, 0.25) is 0 Å². The Morgan fingerprint density at radius 3 is 3.21 bits per heavy atom. The smallest absolute Gasteiger partial charge is 0.276 e. The predicted octanol–water partition coefficient (Wildman–Crippen LogP) is 0.804. The van der Waals surface area contributed by atoms with E-state index in [0.717, 1.165) is 25.9 Å². The lowest BCUT2D eigenvalue weighted by molar-refractivity contribution is 0.0724. The number of alkyl halides is 1. The molecule has 1 N–H and O–H groups in total. The van der Waals surface area contributed by atoms with Crippen molar-refractivity contribution in [1.82, 2.24) is 20.3 Å². The van der Waals surface area contributed by atoms with E-state index in [2.05, 4.69) is 31.3 Å². The van der Waals surface area contributed by atoms with E-state index in [0.29, 0.717) is 10.5 Å². The summed E-state index contributed by atoms with van der Waals surface area (Å²) in [6, 6.07) is 0. The van der Waals surface area contributed by atoms with E-state index in [-0.39, 0.29) is 5.91 Å². The van der Waals surface area contributed by atoms with Crippen LogP contribution in [0.4, 0.5) is 0 Å². The third-order valence-electron chi connectivity index (χ3n) is 2.29. The normalized spacial score (nSPS) is 22.4. The van der Waals surface area contributed by atoms with Crippen molar-refractivity contribution in [2.24, 2.45) is 0 Å². The molecule has 0 aliphatic carbocycles. The van der Waals surface area contributed by atoms with Gasteiger partial charge >= 0.3 is 0 Å². The Kier molecular flexibility index (Phi) is 2.81. The number of amides is 1. The van der Waals surface area contributed by atoms with Crippen molar-refractivity contribution in [2.45, 2.75) is 17.7 Å². The third kappa shape index (κ3) is 1.95. The van der Waals surface area contributed by atoms with Gasteiger partial charge in [0.05, 0.1) is 6.20 Å². The van der Waals surface area contributed by atoms with Crippen LogP contribution in [0.2, 0.25) is 0 Å². The van der Waals surface area contributed by atoms with Gasteiger partial charge < -0.3 is 4.90 Å². The molecule has 1 fully saturated rings. The van der Waals surface area contributed by atoms with Crippen molar-refractivity contribution in [3.8, 4) is 0 Å². The number of halogens is 1. The highest BCUT2D eigenvalue weighted by molar-refractivity contribution is 9.09. The van der Waals surface area contributed by atoms with Crippen molar-refractivity contribution >= 4 is 21.8 Å². The van der Waals surface area contributed by atoms with Crippen LogP contribution in [0, 0.1) is 0 Å². The summed E-state index contributed by atoms with van der Waals surface area (Å²) < 4.78 is 0. The maximum absolute atomic E-state index is 11.8. The van der Waals surface area contributed by atoms with E-state index in [1.165, 1.54) is 6.20 Å². The van der Waals surface area contributed by atoms with Crippen molar-refractivity contribution in [3.05, 3.63) is 11.9 Å². The topological polar surface area (TPSA) is 61.9 Å². The number of likely N-dealkylation sites (tertiary alicyclic amines) is 1. The van der Waals surface area contributed by atoms with Gasteiger partial charge in [-0.3, -0.25) is 4.79 Å². The van der Waals surface area contributed by atoms with Crippen LogP contribution in [-0.4, -0.2) is 44.1 Å². The van der Waals surface area contributed by atoms with Crippen LogP contribution in [0.1, 0.15) is 23.3 Å². The van der Waals surface area contributed by atoms with Crippen LogP contribution >= 0.6 is 15.9 Å². The number of aromatic amines is 1. The first-order chi connectivity index (χ1) is 6.77. The second kappa shape index (κ2) is 4.08. The molecule has 1 aromatic rings. The Bertz CT molecular complexity index is 313. The number of hydrogen-bond acceptors (Lipinski definition) is 3. The van der Waals surface area contributed by atoms with Crippen LogP contribution in [-0.2, 0) is 0 Å². The molecule has 1 unspecified atom stereocenters. The summed E-state index contributed by atoms with van der Waals surface area (Å²) in [7, 11) is 0. The zero-order valence-electron chi connectivity index (χ0n) is 7.61. The minimum Gasteiger partial charge on any atom is -0.336 e. The van der Waals surface area contributed by atoms with Crippen LogP contribution in [0.15, 0.2) is 6.20 Å². The molecule has 6 heteroatoms. The molecular formula is C8H11BrN4O. The van der Waals surface area contributed by atoms with Crippen molar-refractivity contribution in [2.75, 3.05) is 13.1 Å². The zero-order valence-corrected chi connectivity index (χ0v) is 9.20. The quantitative estimate of drug-likeness (QED) is 0.759. The van der Waals surface area contributed by atoms with Gasteiger partial charge in [0.15, 0.2) is 5.69 Å². The number of carbonyl (C=O) groups excluding carboxylic acids is 1. The average molecular weight is 259 g/mol. The molecule has 76 valence electrons. The molecule has 1 amide bonds. The molecule has 1 aliphatic rings. The number of rotatable bonds is 1. The summed E-state index contributed by atoms with van der Waals surface area (Å²) >= 11 is 3.52. The van der Waals surface area contributed by atoms with E-state index in [1.54, 1.807) is 4.90 Å². The molecule has 2 rings (SSSR count). The summed E-state index contributed by atoms with van der Waals surface area (Å²) in [5.41, 5.74) is 0.395. The largest absolute Gasteiger partial charge is 0.336 e. The third-order valence-corrected chi connectivity index (χ3v) is 3.03. The van der Waals surface area contributed by atoms with E-state index in [4.69, 9.17) is 0 Å². The molecule has 1 aliphatic heterocycles. The average Bonchev–Trinajstić information content (AvgIpc) is 2.69. The molecular weight excluding hydrogens is 248 g/mol. The van der Waals surface area contributed by atoms with Gasteiger partial charge in [-0.15, -0.1) is 0 Å². The Morgan fingerprint density at radius 2 is 2.57 bits per heavy atom. The minimum absolute atomic E-state index is 0.0390. The summed E-state index contributed by atoms with van der Waals surface area (Å²) in [6.45, 7) is 1.57. The molecule has 0 spiro atoms. The van der Waals surface area contributed by atoms with E-state index in [1.807, 2.05) is 0 Å². The van der Waals surface area contributed by atoms with Crippen molar-refractivity contribution in [3.63, 3.8) is 0 Å². The summed E-state index contributed by atoms with van der Waals surface area (Å²) in [5.74, 6) is -0.0390. The first-order valence-corrected chi connectivity index (χ1v) is 5.48. The maximum Gasteiger partial charge on any atom is 0.276 e. The molecule has 0 radical (unpaired) electrons. The highest BCUT2D eigenvalue weighted by Gasteiger charge is 2.23. The summed E-state index contributed by atoms with van der Waals surface area (Å²) in [4.78, 5) is 14.0.